The molecular weight excluding hydrogens is 358 g/mol. The summed E-state index contributed by atoms with van der Waals surface area (Å²) < 4.78 is 6.56. The zero-order chi connectivity index (χ0) is 16.8. The number of aryl methyl sites for hydroxylation is 1. The van der Waals surface area contributed by atoms with Crippen molar-refractivity contribution in [1.82, 2.24) is 0 Å². The number of carboxylic acid groups (broad SMARTS) is 1. The molecule has 0 radical (unpaired) electrons. The molecule has 0 aliphatic rings. The Morgan fingerprint density at radius 1 is 1.35 bits per heavy atom. The predicted octanol–water partition coefficient (Wildman–Crippen LogP) is 4.33. The summed E-state index contributed by atoms with van der Waals surface area (Å²) in [6.07, 6.45) is 1.30. The van der Waals surface area contributed by atoms with E-state index in [1.54, 1.807) is 24.3 Å². The number of hydrogen-bond acceptors (Lipinski definition) is 3. The first-order chi connectivity index (χ1) is 11.0. The van der Waals surface area contributed by atoms with E-state index in [0.29, 0.717) is 17.9 Å². The van der Waals surface area contributed by atoms with E-state index in [4.69, 9.17) is 15.1 Å². The van der Waals surface area contributed by atoms with Crippen LogP contribution in [0.25, 0.3) is 6.08 Å². The molecule has 2 aromatic carbocycles. The minimum Gasteiger partial charge on any atom is -0.488 e. The van der Waals surface area contributed by atoms with E-state index in [2.05, 4.69) is 15.9 Å². The minimum absolute atomic E-state index is 0.344. The van der Waals surface area contributed by atoms with Gasteiger partial charge in [-0.25, -0.2) is 4.79 Å². The van der Waals surface area contributed by atoms with Gasteiger partial charge in [-0.15, -0.1) is 0 Å². The Kier molecular flexibility index (Phi) is 5.56. The molecule has 1 N–H and O–H groups in total. The lowest BCUT2D eigenvalue weighted by molar-refractivity contribution is -0.132. The highest BCUT2D eigenvalue weighted by molar-refractivity contribution is 9.10. The number of nitriles is 1. The smallest absolute Gasteiger partial charge is 0.346 e. The second-order valence-corrected chi connectivity index (χ2v) is 5.85. The van der Waals surface area contributed by atoms with Crippen LogP contribution < -0.4 is 4.74 Å². The lowest BCUT2D eigenvalue weighted by Crippen LogP contribution is -2.00. The Morgan fingerprint density at radius 3 is 2.78 bits per heavy atom. The van der Waals surface area contributed by atoms with Crippen LogP contribution in [0.2, 0.25) is 0 Å². The van der Waals surface area contributed by atoms with E-state index in [-0.39, 0.29) is 5.57 Å². The van der Waals surface area contributed by atoms with Crippen LogP contribution in [0.4, 0.5) is 0 Å². The molecule has 2 aromatic rings. The van der Waals surface area contributed by atoms with E-state index >= 15 is 0 Å². The summed E-state index contributed by atoms with van der Waals surface area (Å²) in [5.74, 6) is -0.749. The number of aliphatic carboxylic acids is 1. The molecule has 0 bridgehead atoms. The van der Waals surface area contributed by atoms with Crippen molar-refractivity contribution in [3.05, 3.63) is 69.2 Å². The molecule has 0 fully saturated rings. The van der Waals surface area contributed by atoms with E-state index < -0.39 is 5.97 Å². The van der Waals surface area contributed by atoms with Gasteiger partial charge in [0.15, 0.2) is 0 Å². The number of hydrogen-bond donors (Lipinski definition) is 1. The molecule has 116 valence electrons. The number of benzene rings is 2. The van der Waals surface area contributed by atoms with Gasteiger partial charge in [0, 0.05) is 10.0 Å². The second-order valence-electron chi connectivity index (χ2n) is 4.93. The number of rotatable bonds is 5. The first kappa shape index (κ1) is 16.8. The quantitative estimate of drug-likeness (QED) is 0.627. The highest BCUT2D eigenvalue weighted by atomic mass is 79.9. The number of ether oxygens (including phenoxy) is 1. The fraction of sp³-hybridized carbons (Fsp3) is 0.111. The maximum Gasteiger partial charge on any atom is 0.346 e. The van der Waals surface area contributed by atoms with Crippen LogP contribution in [-0.4, -0.2) is 11.1 Å². The SMILES string of the molecule is Cc1cccc(COc2ccc(Br)cc2C=C(C#N)C(=O)O)c1. The van der Waals surface area contributed by atoms with Gasteiger partial charge in [-0.2, -0.15) is 5.26 Å². The average molecular weight is 372 g/mol. The van der Waals surface area contributed by atoms with Gasteiger partial charge in [0.1, 0.15) is 24.0 Å². The first-order valence-corrected chi connectivity index (χ1v) is 7.62. The maximum absolute atomic E-state index is 11.0. The van der Waals surface area contributed by atoms with E-state index in [9.17, 15) is 4.79 Å². The largest absolute Gasteiger partial charge is 0.488 e. The van der Waals surface area contributed by atoms with Gasteiger partial charge in [-0.05, 0) is 36.8 Å². The number of carboxylic acids is 1. The van der Waals surface area contributed by atoms with Gasteiger partial charge in [0.25, 0.3) is 0 Å². The zero-order valence-corrected chi connectivity index (χ0v) is 14.0. The lowest BCUT2D eigenvalue weighted by Gasteiger charge is -2.10. The average Bonchev–Trinajstić information content (AvgIpc) is 2.51. The molecule has 0 unspecified atom stereocenters. The summed E-state index contributed by atoms with van der Waals surface area (Å²) in [5.41, 5.74) is 2.34. The molecule has 0 heterocycles. The van der Waals surface area contributed by atoms with Crippen molar-refractivity contribution in [1.29, 1.82) is 5.26 Å². The van der Waals surface area contributed by atoms with Crippen LogP contribution in [0.15, 0.2) is 52.5 Å². The summed E-state index contributed by atoms with van der Waals surface area (Å²) in [6, 6.07) is 14.9. The van der Waals surface area contributed by atoms with Crippen LogP contribution in [0.3, 0.4) is 0 Å². The molecule has 23 heavy (non-hydrogen) atoms. The van der Waals surface area contributed by atoms with Crippen molar-refractivity contribution < 1.29 is 14.6 Å². The topological polar surface area (TPSA) is 70.3 Å². The Bertz CT molecular complexity index is 806. The van der Waals surface area contributed by atoms with Gasteiger partial charge >= 0.3 is 5.97 Å². The standard InChI is InChI=1S/C18H14BrNO3/c1-12-3-2-4-13(7-12)11-23-17-6-5-16(19)9-14(17)8-15(10-20)18(21)22/h2-9H,11H2,1H3,(H,21,22). The Balaban J connectivity index is 2.29. The zero-order valence-electron chi connectivity index (χ0n) is 12.4. The van der Waals surface area contributed by atoms with Crippen LogP contribution in [0.1, 0.15) is 16.7 Å². The minimum atomic E-state index is -1.27. The molecule has 0 spiro atoms. The van der Waals surface area contributed by atoms with Gasteiger partial charge in [-0.3, -0.25) is 0 Å². The van der Waals surface area contributed by atoms with Crippen molar-refractivity contribution in [2.75, 3.05) is 0 Å². The van der Waals surface area contributed by atoms with Crippen molar-refractivity contribution in [3.8, 4) is 11.8 Å². The fourth-order valence-corrected chi connectivity index (χ4v) is 2.40. The van der Waals surface area contributed by atoms with Crippen molar-refractivity contribution in [3.63, 3.8) is 0 Å². The molecule has 0 aliphatic carbocycles. The molecule has 2 rings (SSSR count). The number of halogens is 1. The molecule has 0 saturated heterocycles. The van der Waals surface area contributed by atoms with E-state index in [0.717, 1.165) is 15.6 Å². The molecule has 0 saturated carbocycles. The van der Waals surface area contributed by atoms with Crippen LogP contribution in [0, 0.1) is 18.3 Å². The lowest BCUT2D eigenvalue weighted by atomic mass is 10.1. The van der Waals surface area contributed by atoms with Gasteiger partial charge in [0.2, 0.25) is 0 Å². The van der Waals surface area contributed by atoms with Crippen LogP contribution >= 0.6 is 15.9 Å². The molecule has 4 nitrogen and oxygen atoms in total. The molecule has 0 aromatic heterocycles. The van der Waals surface area contributed by atoms with Crippen molar-refractivity contribution >= 4 is 28.0 Å². The third-order valence-corrected chi connectivity index (χ3v) is 3.59. The van der Waals surface area contributed by atoms with Gasteiger partial charge in [0.05, 0.1) is 0 Å². The molecule has 0 aliphatic heterocycles. The van der Waals surface area contributed by atoms with Crippen LogP contribution in [-0.2, 0) is 11.4 Å². The van der Waals surface area contributed by atoms with Gasteiger partial charge < -0.3 is 9.84 Å². The Morgan fingerprint density at radius 2 is 2.13 bits per heavy atom. The summed E-state index contributed by atoms with van der Waals surface area (Å²) in [6.45, 7) is 2.36. The van der Waals surface area contributed by atoms with E-state index in [1.807, 2.05) is 31.2 Å². The highest BCUT2D eigenvalue weighted by Gasteiger charge is 2.10. The molecular formula is C18H14BrNO3. The van der Waals surface area contributed by atoms with Crippen LogP contribution in [0.5, 0.6) is 5.75 Å². The highest BCUT2D eigenvalue weighted by Crippen LogP contribution is 2.26. The Hall–Kier alpha value is -2.58. The van der Waals surface area contributed by atoms with Gasteiger partial charge in [-0.1, -0.05) is 45.8 Å². The molecule has 0 atom stereocenters. The fourth-order valence-electron chi connectivity index (χ4n) is 2.02. The summed E-state index contributed by atoms with van der Waals surface area (Å²) in [5, 5.41) is 17.9. The predicted molar refractivity (Wildman–Crippen MR) is 90.9 cm³/mol. The summed E-state index contributed by atoms with van der Waals surface area (Å²) in [7, 11) is 0. The second kappa shape index (κ2) is 7.61. The van der Waals surface area contributed by atoms with E-state index in [1.165, 1.54) is 6.08 Å². The molecule has 0 amide bonds. The first-order valence-electron chi connectivity index (χ1n) is 6.82. The monoisotopic (exact) mass is 371 g/mol. The summed E-state index contributed by atoms with van der Waals surface area (Å²) >= 11 is 3.34. The summed E-state index contributed by atoms with van der Waals surface area (Å²) in [4.78, 5) is 11.0. The number of nitrogens with zero attached hydrogens (tertiary/aromatic N) is 1. The maximum atomic E-state index is 11.0. The third-order valence-electron chi connectivity index (χ3n) is 3.10. The normalized spacial score (nSPS) is 10.9. The Labute approximate surface area is 142 Å². The number of carbonyl (C=O) groups is 1. The molecule has 5 heteroatoms. The van der Waals surface area contributed by atoms with Crippen molar-refractivity contribution in [2.45, 2.75) is 13.5 Å². The van der Waals surface area contributed by atoms with Crippen molar-refractivity contribution in [2.24, 2.45) is 0 Å². The third kappa shape index (κ3) is 4.70.